The number of rotatable bonds is 6. The quantitative estimate of drug-likeness (QED) is 0.625. The highest BCUT2D eigenvalue weighted by atomic mass is 16.5. The highest BCUT2D eigenvalue weighted by Crippen LogP contribution is 2.14. The number of nitrogens with zero attached hydrogens (tertiary/aromatic N) is 2. The van der Waals surface area contributed by atoms with Crippen molar-refractivity contribution < 1.29 is 9.53 Å². The number of anilines is 1. The lowest BCUT2D eigenvalue weighted by Crippen LogP contribution is -2.25. The molecule has 2 aromatic rings. The number of carbonyl (C=O) groups is 1. The summed E-state index contributed by atoms with van der Waals surface area (Å²) in [5.74, 6) is 0.539. The minimum atomic E-state index is -0.231. The maximum absolute atomic E-state index is 11.6. The van der Waals surface area contributed by atoms with Crippen molar-refractivity contribution in [3.63, 3.8) is 0 Å². The number of nitrogens with one attached hydrogen (secondary N) is 2. The number of hydrazone groups is 1. The molecule has 108 valence electrons. The molecule has 2 N–H and O–H groups in total. The summed E-state index contributed by atoms with van der Waals surface area (Å²) in [5, 5.41) is 6.85. The van der Waals surface area contributed by atoms with Crippen LogP contribution in [0, 0.1) is 0 Å². The first-order valence-electron chi connectivity index (χ1n) is 6.38. The largest absolute Gasteiger partial charge is 0.497 e. The molecule has 6 heteroatoms. The molecule has 1 heterocycles. The number of aromatic nitrogens is 1. The van der Waals surface area contributed by atoms with E-state index in [0.717, 1.165) is 17.0 Å². The van der Waals surface area contributed by atoms with Gasteiger partial charge < -0.3 is 10.1 Å². The Bertz CT molecular complexity index is 597. The number of methoxy groups -OCH3 is 1. The summed E-state index contributed by atoms with van der Waals surface area (Å²) in [6.07, 6.45) is 4.87. The van der Waals surface area contributed by atoms with Crippen LogP contribution in [0.5, 0.6) is 5.75 Å². The summed E-state index contributed by atoms with van der Waals surface area (Å²) < 4.78 is 5.06. The minimum absolute atomic E-state index is 0.136. The Kier molecular flexibility index (Phi) is 5.28. The summed E-state index contributed by atoms with van der Waals surface area (Å²) in [4.78, 5) is 15.5. The predicted molar refractivity (Wildman–Crippen MR) is 81.5 cm³/mol. The van der Waals surface area contributed by atoms with E-state index in [-0.39, 0.29) is 12.5 Å². The van der Waals surface area contributed by atoms with Crippen LogP contribution in [-0.4, -0.2) is 30.8 Å². The smallest absolute Gasteiger partial charge is 0.259 e. The molecule has 0 spiro atoms. The van der Waals surface area contributed by atoms with E-state index in [1.54, 1.807) is 25.6 Å². The van der Waals surface area contributed by atoms with E-state index in [2.05, 4.69) is 20.8 Å². The van der Waals surface area contributed by atoms with Gasteiger partial charge in [0.2, 0.25) is 0 Å². The first kappa shape index (κ1) is 14.5. The molecule has 0 aliphatic carbocycles. The molecule has 0 radical (unpaired) electrons. The molecule has 21 heavy (non-hydrogen) atoms. The van der Waals surface area contributed by atoms with Crippen LogP contribution in [0.4, 0.5) is 5.69 Å². The second-order valence-corrected chi connectivity index (χ2v) is 4.16. The molecule has 0 unspecified atom stereocenters. The Balaban J connectivity index is 1.75. The van der Waals surface area contributed by atoms with E-state index >= 15 is 0 Å². The van der Waals surface area contributed by atoms with Gasteiger partial charge in [-0.15, -0.1) is 0 Å². The number of carbonyl (C=O) groups excluding carboxylic acids is 1. The third-order valence-corrected chi connectivity index (χ3v) is 2.63. The zero-order chi connectivity index (χ0) is 14.9. The summed E-state index contributed by atoms with van der Waals surface area (Å²) in [6, 6.07) is 11.0. The van der Waals surface area contributed by atoms with Gasteiger partial charge in [0, 0.05) is 23.6 Å². The van der Waals surface area contributed by atoms with Gasteiger partial charge in [-0.2, -0.15) is 5.10 Å². The van der Waals surface area contributed by atoms with Crippen LogP contribution in [0.1, 0.15) is 5.56 Å². The molecule has 0 saturated carbocycles. The molecule has 0 fully saturated rings. The average Bonchev–Trinajstić information content (AvgIpc) is 2.54. The molecule has 0 aliphatic rings. The molecule has 1 aromatic carbocycles. The first-order valence-corrected chi connectivity index (χ1v) is 6.38. The van der Waals surface area contributed by atoms with Crippen molar-refractivity contribution in [1.29, 1.82) is 0 Å². The number of amides is 1. The van der Waals surface area contributed by atoms with Gasteiger partial charge in [-0.1, -0.05) is 6.07 Å². The van der Waals surface area contributed by atoms with E-state index in [1.165, 1.54) is 6.21 Å². The van der Waals surface area contributed by atoms with Crippen molar-refractivity contribution in [2.75, 3.05) is 19.0 Å². The van der Waals surface area contributed by atoms with Crippen molar-refractivity contribution in [3.05, 3.63) is 54.4 Å². The Labute approximate surface area is 122 Å². The van der Waals surface area contributed by atoms with Gasteiger partial charge in [0.05, 0.1) is 19.9 Å². The number of hydrogen-bond acceptors (Lipinski definition) is 5. The molecule has 2 rings (SSSR count). The number of pyridine rings is 1. The van der Waals surface area contributed by atoms with E-state index in [9.17, 15) is 4.79 Å². The average molecular weight is 284 g/mol. The van der Waals surface area contributed by atoms with Crippen molar-refractivity contribution in [2.24, 2.45) is 5.10 Å². The molecule has 0 saturated heterocycles. The maximum atomic E-state index is 11.6. The van der Waals surface area contributed by atoms with Crippen molar-refractivity contribution in [1.82, 2.24) is 10.4 Å². The van der Waals surface area contributed by atoms with E-state index < -0.39 is 0 Å². The van der Waals surface area contributed by atoms with Gasteiger partial charge in [-0.05, 0) is 30.3 Å². The Morgan fingerprint density at radius 1 is 1.33 bits per heavy atom. The Hall–Kier alpha value is -2.89. The van der Waals surface area contributed by atoms with E-state index in [1.807, 2.05) is 30.3 Å². The molecule has 1 aromatic heterocycles. The second kappa shape index (κ2) is 7.64. The fraction of sp³-hybridized carbons (Fsp3) is 0.133. The third kappa shape index (κ3) is 4.94. The van der Waals surface area contributed by atoms with Crippen LogP contribution < -0.4 is 15.5 Å². The van der Waals surface area contributed by atoms with Gasteiger partial charge in [-0.25, -0.2) is 5.43 Å². The highest BCUT2D eigenvalue weighted by molar-refractivity contribution is 5.84. The van der Waals surface area contributed by atoms with Gasteiger partial charge in [-0.3, -0.25) is 9.78 Å². The molecule has 6 nitrogen and oxygen atoms in total. The summed E-state index contributed by atoms with van der Waals surface area (Å²) >= 11 is 0. The minimum Gasteiger partial charge on any atom is -0.497 e. The highest BCUT2D eigenvalue weighted by Gasteiger charge is 1.99. The van der Waals surface area contributed by atoms with E-state index in [0.29, 0.717) is 0 Å². The fourth-order valence-electron chi connectivity index (χ4n) is 1.56. The topological polar surface area (TPSA) is 75.6 Å². The number of hydrogen-bond donors (Lipinski definition) is 2. The summed E-state index contributed by atoms with van der Waals surface area (Å²) in [6.45, 7) is 0.136. The van der Waals surface area contributed by atoms with Crippen LogP contribution >= 0.6 is 0 Å². The Morgan fingerprint density at radius 2 is 2.14 bits per heavy atom. The molecular weight excluding hydrogens is 268 g/mol. The predicted octanol–water partition coefficient (Wildman–Crippen LogP) is 1.65. The van der Waals surface area contributed by atoms with Gasteiger partial charge in [0.25, 0.3) is 5.91 Å². The van der Waals surface area contributed by atoms with Gasteiger partial charge >= 0.3 is 0 Å². The van der Waals surface area contributed by atoms with Crippen LogP contribution in [0.15, 0.2) is 53.9 Å². The van der Waals surface area contributed by atoms with Gasteiger partial charge in [0.15, 0.2) is 0 Å². The fourth-order valence-corrected chi connectivity index (χ4v) is 1.56. The Morgan fingerprint density at radius 3 is 2.81 bits per heavy atom. The lowest BCUT2D eigenvalue weighted by Gasteiger charge is -2.06. The molecule has 0 aliphatic heterocycles. The van der Waals surface area contributed by atoms with Crippen LogP contribution in [0.25, 0.3) is 0 Å². The second-order valence-electron chi connectivity index (χ2n) is 4.16. The first-order chi connectivity index (χ1) is 10.3. The molecule has 0 bridgehead atoms. The number of benzene rings is 1. The van der Waals surface area contributed by atoms with Crippen LogP contribution in [0.2, 0.25) is 0 Å². The standard InChI is InChI=1S/C15H16N4O2/c1-21-14-6-4-13(5-7-14)17-11-15(20)19-18-10-12-3-2-8-16-9-12/h2-10,17H,11H2,1H3,(H,19,20)/b18-10-. The number of ether oxygens (including phenoxy) is 1. The molecule has 1 amide bonds. The maximum Gasteiger partial charge on any atom is 0.259 e. The lowest BCUT2D eigenvalue weighted by atomic mass is 10.3. The zero-order valence-corrected chi connectivity index (χ0v) is 11.6. The van der Waals surface area contributed by atoms with E-state index in [4.69, 9.17) is 4.74 Å². The van der Waals surface area contributed by atoms with Crippen molar-refractivity contribution >= 4 is 17.8 Å². The normalized spacial score (nSPS) is 10.3. The third-order valence-electron chi connectivity index (χ3n) is 2.63. The molecule has 0 atom stereocenters. The van der Waals surface area contributed by atoms with Crippen LogP contribution in [0.3, 0.4) is 0 Å². The van der Waals surface area contributed by atoms with Crippen LogP contribution in [-0.2, 0) is 4.79 Å². The SMILES string of the molecule is COc1ccc(NCC(=O)N/N=C\c2cccnc2)cc1. The lowest BCUT2D eigenvalue weighted by molar-refractivity contribution is -0.119. The van der Waals surface area contributed by atoms with Crippen molar-refractivity contribution in [2.45, 2.75) is 0 Å². The monoisotopic (exact) mass is 284 g/mol. The zero-order valence-electron chi connectivity index (χ0n) is 11.6. The molecular formula is C15H16N4O2. The summed E-state index contributed by atoms with van der Waals surface area (Å²) in [7, 11) is 1.61. The van der Waals surface area contributed by atoms with Crippen molar-refractivity contribution in [3.8, 4) is 5.75 Å². The summed E-state index contributed by atoms with van der Waals surface area (Å²) in [5.41, 5.74) is 4.10. The van der Waals surface area contributed by atoms with Gasteiger partial charge in [0.1, 0.15) is 5.75 Å².